The Bertz CT molecular complexity index is 498. The van der Waals surface area contributed by atoms with Crippen LogP contribution >= 0.6 is 0 Å². The van der Waals surface area contributed by atoms with E-state index in [0.29, 0.717) is 0 Å². The molecular formula is C15H20N2. The molecule has 0 spiro atoms. The number of likely N-dealkylation sites (tertiary alicyclic amines) is 1. The summed E-state index contributed by atoms with van der Waals surface area (Å²) in [6, 6.07) is 9.43. The van der Waals surface area contributed by atoms with Crippen LogP contribution in [0.3, 0.4) is 0 Å². The van der Waals surface area contributed by atoms with Crippen LogP contribution < -0.4 is 0 Å². The molecule has 2 aromatic rings. The fourth-order valence-corrected chi connectivity index (χ4v) is 2.85. The zero-order valence-corrected chi connectivity index (χ0v) is 10.4. The number of nitrogens with zero attached hydrogens (tertiary/aromatic N) is 1. The molecule has 0 bridgehead atoms. The van der Waals surface area contributed by atoms with Crippen LogP contribution in [0.2, 0.25) is 0 Å². The number of fused-ring (bicyclic) bond motifs is 1. The molecule has 90 valence electrons. The first kappa shape index (κ1) is 10.8. The van der Waals surface area contributed by atoms with Gasteiger partial charge in [-0.15, -0.1) is 0 Å². The molecule has 0 saturated carbocycles. The SMILES string of the molecule is CCC1CCN1CCc1c[nH]c2ccccc12. The molecule has 1 aromatic carbocycles. The highest BCUT2D eigenvalue weighted by molar-refractivity contribution is 5.83. The molecule has 0 amide bonds. The van der Waals surface area contributed by atoms with E-state index in [4.69, 9.17) is 0 Å². The second-order valence-corrected chi connectivity index (χ2v) is 5.00. The Kier molecular flexibility index (Phi) is 2.89. The standard InChI is InChI=1S/C15H20N2/c1-2-13-8-10-17(13)9-7-12-11-16-15-6-4-3-5-14(12)15/h3-6,11,13,16H,2,7-10H2,1H3. The van der Waals surface area contributed by atoms with Crippen LogP contribution in [0.4, 0.5) is 0 Å². The van der Waals surface area contributed by atoms with Crippen molar-refractivity contribution in [2.24, 2.45) is 0 Å². The molecule has 1 aliphatic heterocycles. The smallest absolute Gasteiger partial charge is 0.0456 e. The lowest BCUT2D eigenvalue weighted by Crippen LogP contribution is -2.47. The number of nitrogens with one attached hydrogen (secondary N) is 1. The van der Waals surface area contributed by atoms with Gasteiger partial charge in [-0.2, -0.15) is 0 Å². The predicted molar refractivity (Wildman–Crippen MR) is 72.3 cm³/mol. The zero-order valence-electron chi connectivity index (χ0n) is 10.4. The quantitative estimate of drug-likeness (QED) is 0.851. The molecule has 3 rings (SSSR count). The highest BCUT2D eigenvalue weighted by Crippen LogP contribution is 2.22. The molecule has 1 atom stereocenters. The van der Waals surface area contributed by atoms with E-state index >= 15 is 0 Å². The second-order valence-electron chi connectivity index (χ2n) is 5.00. The maximum Gasteiger partial charge on any atom is 0.0456 e. The summed E-state index contributed by atoms with van der Waals surface area (Å²) in [4.78, 5) is 5.97. The van der Waals surface area contributed by atoms with E-state index in [1.54, 1.807) is 0 Å². The van der Waals surface area contributed by atoms with E-state index < -0.39 is 0 Å². The maximum atomic E-state index is 3.35. The molecule has 17 heavy (non-hydrogen) atoms. The summed E-state index contributed by atoms with van der Waals surface area (Å²) in [7, 11) is 0. The van der Waals surface area contributed by atoms with Crippen molar-refractivity contribution in [3.8, 4) is 0 Å². The third kappa shape index (κ3) is 1.98. The summed E-state index contributed by atoms with van der Waals surface area (Å²) in [6.45, 7) is 4.80. The molecule has 1 N–H and O–H groups in total. The van der Waals surface area contributed by atoms with E-state index in [1.165, 1.54) is 48.8 Å². The number of hydrogen-bond donors (Lipinski definition) is 1. The Morgan fingerprint density at radius 1 is 1.35 bits per heavy atom. The van der Waals surface area contributed by atoms with Crippen molar-refractivity contribution in [2.75, 3.05) is 13.1 Å². The van der Waals surface area contributed by atoms with E-state index in [-0.39, 0.29) is 0 Å². The van der Waals surface area contributed by atoms with Crippen molar-refractivity contribution in [3.63, 3.8) is 0 Å². The summed E-state index contributed by atoms with van der Waals surface area (Å²) < 4.78 is 0. The lowest BCUT2D eigenvalue weighted by Gasteiger charge is -2.40. The van der Waals surface area contributed by atoms with E-state index in [9.17, 15) is 0 Å². The van der Waals surface area contributed by atoms with Crippen molar-refractivity contribution >= 4 is 10.9 Å². The topological polar surface area (TPSA) is 19.0 Å². The van der Waals surface area contributed by atoms with E-state index in [1.807, 2.05) is 0 Å². The third-order valence-electron chi connectivity index (χ3n) is 4.08. The van der Waals surface area contributed by atoms with Gasteiger partial charge in [0.05, 0.1) is 0 Å². The van der Waals surface area contributed by atoms with Crippen molar-refractivity contribution in [3.05, 3.63) is 36.0 Å². The first-order valence-electron chi connectivity index (χ1n) is 6.67. The molecule has 0 radical (unpaired) electrons. The Labute approximate surface area is 103 Å². The fourth-order valence-electron chi connectivity index (χ4n) is 2.85. The van der Waals surface area contributed by atoms with Gasteiger partial charge in [-0.1, -0.05) is 25.1 Å². The highest BCUT2D eigenvalue weighted by atomic mass is 15.2. The molecule has 1 fully saturated rings. The Hall–Kier alpha value is -1.28. The van der Waals surface area contributed by atoms with Gasteiger partial charge in [-0.25, -0.2) is 0 Å². The van der Waals surface area contributed by atoms with Crippen LogP contribution in [0, 0.1) is 0 Å². The summed E-state index contributed by atoms with van der Waals surface area (Å²) in [5, 5.41) is 1.39. The summed E-state index contributed by atoms with van der Waals surface area (Å²) >= 11 is 0. The molecule has 2 heterocycles. The van der Waals surface area contributed by atoms with Gasteiger partial charge in [0.15, 0.2) is 0 Å². The van der Waals surface area contributed by atoms with Crippen LogP contribution in [0.25, 0.3) is 10.9 Å². The van der Waals surface area contributed by atoms with Gasteiger partial charge in [-0.3, -0.25) is 4.90 Å². The molecule has 1 aliphatic rings. The Morgan fingerprint density at radius 3 is 3.00 bits per heavy atom. The molecular weight excluding hydrogens is 208 g/mol. The second kappa shape index (κ2) is 4.53. The number of para-hydroxylation sites is 1. The van der Waals surface area contributed by atoms with Crippen molar-refractivity contribution < 1.29 is 0 Å². The monoisotopic (exact) mass is 228 g/mol. The number of benzene rings is 1. The van der Waals surface area contributed by atoms with E-state index in [0.717, 1.165) is 6.04 Å². The molecule has 2 nitrogen and oxygen atoms in total. The average Bonchev–Trinajstić information content (AvgIpc) is 2.72. The van der Waals surface area contributed by atoms with Gasteiger partial charge >= 0.3 is 0 Å². The summed E-state index contributed by atoms with van der Waals surface area (Å²) in [6.07, 6.45) is 6.03. The zero-order chi connectivity index (χ0) is 11.7. The van der Waals surface area contributed by atoms with Crippen molar-refractivity contribution in [1.82, 2.24) is 9.88 Å². The van der Waals surface area contributed by atoms with Crippen LogP contribution in [0.5, 0.6) is 0 Å². The minimum atomic E-state index is 0.847. The van der Waals surface area contributed by atoms with Crippen molar-refractivity contribution in [2.45, 2.75) is 32.2 Å². The number of aromatic amines is 1. The number of rotatable bonds is 4. The first-order valence-corrected chi connectivity index (χ1v) is 6.67. The van der Waals surface area contributed by atoms with Gasteiger partial charge in [0, 0.05) is 29.7 Å². The largest absolute Gasteiger partial charge is 0.361 e. The summed E-state index contributed by atoms with van der Waals surface area (Å²) in [5.41, 5.74) is 2.72. The van der Waals surface area contributed by atoms with Gasteiger partial charge in [-0.05, 0) is 37.4 Å². The minimum Gasteiger partial charge on any atom is -0.361 e. The lowest BCUT2D eigenvalue weighted by atomic mass is 9.99. The van der Waals surface area contributed by atoms with E-state index in [2.05, 4.69) is 47.3 Å². The van der Waals surface area contributed by atoms with Gasteiger partial charge in [0.1, 0.15) is 0 Å². The first-order chi connectivity index (χ1) is 8.38. The maximum absolute atomic E-state index is 3.35. The van der Waals surface area contributed by atoms with Gasteiger partial charge in [0.2, 0.25) is 0 Å². The van der Waals surface area contributed by atoms with Crippen LogP contribution in [-0.4, -0.2) is 29.0 Å². The molecule has 1 unspecified atom stereocenters. The van der Waals surface area contributed by atoms with Crippen LogP contribution in [0.1, 0.15) is 25.3 Å². The number of aromatic nitrogens is 1. The number of hydrogen-bond acceptors (Lipinski definition) is 1. The molecule has 1 aromatic heterocycles. The fraction of sp³-hybridized carbons (Fsp3) is 0.467. The number of H-pyrrole nitrogens is 1. The average molecular weight is 228 g/mol. The predicted octanol–water partition coefficient (Wildman–Crippen LogP) is 3.19. The Balaban J connectivity index is 1.69. The minimum absolute atomic E-state index is 0.847. The molecule has 1 saturated heterocycles. The Morgan fingerprint density at radius 2 is 2.24 bits per heavy atom. The normalized spacial score (nSPS) is 20.6. The third-order valence-corrected chi connectivity index (χ3v) is 4.08. The molecule has 0 aliphatic carbocycles. The van der Waals surface area contributed by atoms with Gasteiger partial charge in [0.25, 0.3) is 0 Å². The summed E-state index contributed by atoms with van der Waals surface area (Å²) in [5.74, 6) is 0. The molecule has 2 heteroatoms. The van der Waals surface area contributed by atoms with Crippen LogP contribution in [-0.2, 0) is 6.42 Å². The lowest BCUT2D eigenvalue weighted by molar-refractivity contribution is 0.0894. The van der Waals surface area contributed by atoms with Gasteiger partial charge < -0.3 is 4.98 Å². The van der Waals surface area contributed by atoms with Crippen LogP contribution in [0.15, 0.2) is 30.5 Å². The van der Waals surface area contributed by atoms with Crippen molar-refractivity contribution in [1.29, 1.82) is 0 Å². The highest BCUT2D eigenvalue weighted by Gasteiger charge is 2.25.